The van der Waals surface area contributed by atoms with E-state index in [0.29, 0.717) is 6.42 Å². The molecule has 1 fully saturated rings. The first-order valence-electron chi connectivity index (χ1n) is 4.27. The van der Waals surface area contributed by atoms with Crippen LogP contribution in [-0.4, -0.2) is 5.92 Å². The molecule has 0 bridgehead atoms. The second-order valence-corrected chi connectivity index (χ2v) is 4.72. The van der Waals surface area contributed by atoms with Crippen molar-refractivity contribution in [2.24, 2.45) is 5.92 Å². The predicted molar refractivity (Wildman–Crippen MR) is 49.0 cm³/mol. The molecule has 3 rings (SSSR count). The fraction of sp³-hybridized carbons (Fsp3) is 0.400. The number of hydrogen-bond acceptors (Lipinski definition) is 0. The molecule has 2 unspecified atom stereocenters. The van der Waals surface area contributed by atoms with Crippen LogP contribution in [0.5, 0.6) is 0 Å². The minimum atomic E-state index is -2.42. The van der Waals surface area contributed by atoms with E-state index < -0.39 is 17.8 Å². The molecule has 0 amide bonds. The molecule has 1 saturated carbocycles. The minimum absolute atomic E-state index is 0.406. The van der Waals surface area contributed by atoms with Gasteiger partial charge in [0, 0.05) is 10.4 Å². The van der Waals surface area contributed by atoms with E-state index >= 15 is 0 Å². The third-order valence-corrected chi connectivity index (χ3v) is 3.58. The molecule has 0 aromatic heterocycles. The van der Waals surface area contributed by atoms with Crippen molar-refractivity contribution in [3.63, 3.8) is 0 Å². The van der Waals surface area contributed by atoms with Gasteiger partial charge in [-0.15, -0.1) is 0 Å². The molecular formula is C10H7BrF2. The average molecular weight is 245 g/mol. The summed E-state index contributed by atoms with van der Waals surface area (Å²) in [5.41, 5.74) is 1.95. The first-order valence-corrected chi connectivity index (χ1v) is 5.06. The van der Waals surface area contributed by atoms with Crippen LogP contribution in [0.2, 0.25) is 0 Å². The Morgan fingerprint density at radius 1 is 1.38 bits per heavy atom. The van der Waals surface area contributed by atoms with Crippen LogP contribution in [0.4, 0.5) is 8.78 Å². The number of hydrogen-bond donors (Lipinski definition) is 0. The average Bonchev–Trinajstić information content (AvgIpc) is 2.44. The van der Waals surface area contributed by atoms with Gasteiger partial charge < -0.3 is 0 Å². The molecule has 0 N–H and O–H groups in total. The second kappa shape index (κ2) is 2.14. The Morgan fingerprint density at radius 3 is 2.92 bits per heavy atom. The summed E-state index contributed by atoms with van der Waals surface area (Å²) >= 11 is 3.30. The lowest BCUT2D eigenvalue weighted by Crippen LogP contribution is -2.02. The maximum absolute atomic E-state index is 13.0. The van der Waals surface area contributed by atoms with Gasteiger partial charge in [0.1, 0.15) is 0 Å². The van der Waals surface area contributed by atoms with Gasteiger partial charge in [-0.1, -0.05) is 22.0 Å². The highest BCUT2D eigenvalue weighted by Crippen LogP contribution is 2.67. The normalized spacial score (nSPS) is 32.5. The molecule has 1 aromatic carbocycles. The van der Waals surface area contributed by atoms with Crippen LogP contribution in [-0.2, 0) is 6.42 Å². The molecule has 13 heavy (non-hydrogen) atoms. The lowest BCUT2D eigenvalue weighted by Gasteiger charge is -2.06. The molecule has 3 heteroatoms. The van der Waals surface area contributed by atoms with Crippen molar-refractivity contribution in [1.82, 2.24) is 0 Å². The van der Waals surface area contributed by atoms with E-state index in [2.05, 4.69) is 15.9 Å². The summed E-state index contributed by atoms with van der Waals surface area (Å²) < 4.78 is 27.0. The zero-order chi connectivity index (χ0) is 9.22. The zero-order valence-corrected chi connectivity index (χ0v) is 8.31. The topological polar surface area (TPSA) is 0 Å². The summed E-state index contributed by atoms with van der Waals surface area (Å²) in [5, 5.41) is 0. The Kier molecular flexibility index (Phi) is 1.30. The molecule has 2 atom stereocenters. The summed E-state index contributed by atoms with van der Waals surface area (Å²) in [4.78, 5) is 0. The molecule has 1 aromatic rings. The van der Waals surface area contributed by atoms with Gasteiger partial charge in [0.05, 0.1) is 5.92 Å². The van der Waals surface area contributed by atoms with E-state index in [1.165, 1.54) is 0 Å². The van der Waals surface area contributed by atoms with Crippen LogP contribution < -0.4 is 0 Å². The van der Waals surface area contributed by atoms with Crippen LogP contribution >= 0.6 is 15.9 Å². The number of fused-ring (bicyclic) bond motifs is 3. The standard InChI is InChI=1S/C10H7BrF2/c11-6-2-1-5-3-8-9(7(5)4-6)10(8,12)13/h1-2,4,8-9H,3H2. The van der Waals surface area contributed by atoms with Gasteiger partial charge >= 0.3 is 0 Å². The first-order chi connectivity index (χ1) is 6.10. The molecule has 0 spiro atoms. The van der Waals surface area contributed by atoms with Crippen LogP contribution in [0.3, 0.4) is 0 Å². The van der Waals surface area contributed by atoms with Crippen LogP contribution in [0.25, 0.3) is 0 Å². The van der Waals surface area contributed by atoms with Gasteiger partial charge in [0.2, 0.25) is 0 Å². The number of rotatable bonds is 0. The fourth-order valence-electron chi connectivity index (χ4n) is 2.35. The molecule has 0 nitrogen and oxygen atoms in total. The maximum Gasteiger partial charge on any atom is 0.259 e. The largest absolute Gasteiger partial charge is 0.259 e. The quantitative estimate of drug-likeness (QED) is 0.657. The van der Waals surface area contributed by atoms with Crippen LogP contribution in [0.15, 0.2) is 22.7 Å². The van der Waals surface area contributed by atoms with Crippen molar-refractivity contribution in [2.75, 3.05) is 0 Å². The van der Waals surface area contributed by atoms with E-state index in [1.54, 1.807) is 0 Å². The zero-order valence-electron chi connectivity index (χ0n) is 6.73. The van der Waals surface area contributed by atoms with Gasteiger partial charge in [-0.2, -0.15) is 0 Å². The summed E-state index contributed by atoms with van der Waals surface area (Å²) in [5.74, 6) is -3.31. The Bertz CT molecular complexity index is 387. The highest BCUT2D eigenvalue weighted by Gasteiger charge is 2.71. The number of benzene rings is 1. The van der Waals surface area contributed by atoms with Crippen LogP contribution in [0, 0.1) is 5.92 Å². The third kappa shape index (κ3) is 0.885. The summed E-state index contributed by atoms with van der Waals surface area (Å²) in [6.07, 6.45) is 0.556. The molecule has 0 radical (unpaired) electrons. The smallest absolute Gasteiger partial charge is 0.206 e. The molecule has 0 aliphatic heterocycles. The Morgan fingerprint density at radius 2 is 2.15 bits per heavy atom. The van der Waals surface area contributed by atoms with Gasteiger partial charge in [-0.25, -0.2) is 8.78 Å². The Hall–Kier alpha value is -0.440. The third-order valence-electron chi connectivity index (χ3n) is 3.09. The lowest BCUT2D eigenvalue weighted by molar-refractivity contribution is 0.0903. The fourth-order valence-corrected chi connectivity index (χ4v) is 2.73. The van der Waals surface area contributed by atoms with E-state index in [0.717, 1.165) is 15.6 Å². The van der Waals surface area contributed by atoms with E-state index in [1.807, 2.05) is 18.2 Å². The van der Waals surface area contributed by atoms with Crippen molar-refractivity contribution in [1.29, 1.82) is 0 Å². The van der Waals surface area contributed by atoms with Crippen molar-refractivity contribution in [2.45, 2.75) is 18.3 Å². The number of halogens is 3. The van der Waals surface area contributed by atoms with Crippen molar-refractivity contribution in [3.8, 4) is 0 Å². The first kappa shape index (κ1) is 7.92. The molecule has 2 aliphatic carbocycles. The molecule has 0 saturated heterocycles. The molecule has 0 heterocycles. The molecule has 68 valence electrons. The van der Waals surface area contributed by atoms with Gasteiger partial charge in [0.15, 0.2) is 0 Å². The SMILES string of the molecule is FC1(F)C2Cc3ccc(Br)cc3C21. The van der Waals surface area contributed by atoms with Crippen molar-refractivity contribution in [3.05, 3.63) is 33.8 Å². The van der Waals surface area contributed by atoms with Crippen molar-refractivity contribution >= 4 is 15.9 Å². The number of alkyl halides is 2. The Balaban J connectivity index is 2.11. The van der Waals surface area contributed by atoms with Gasteiger partial charge in [-0.05, 0) is 29.7 Å². The second-order valence-electron chi connectivity index (χ2n) is 3.81. The van der Waals surface area contributed by atoms with Crippen LogP contribution in [0.1, 0.15) is 17.0 Å². The van der Waals surface area contributed by atoms with E-state index in [9.17, 15) is 8.78 Å². The minimum Gasteiger partial charge on any atom is -0.206 e. The lowest BCUT2D eigenvalue weighted by atomic mass is 10.1. The summed E-state index contributed by atoms with van der Waals surface area (Å²) in [7, 11) is 0. The van der Waals surface area contributed by atoms with Gasteiger partial charge in [0.25, 0.3) is 5.92 Å². The summed E-state index contributed by atoms with van der Waals surface area (Å²) in [6, 6.07) is 5.70. The molecule has 2 aliphatic rings. The van der Waals surface area contributed by atoms with E-state index in [-0.39, 0.29) is 0 Å². The highest BCUT2D eigenvalue weighted by molar-refractivity contribution is 9.10. The monoisotopic (exact) mass is 244 g/mol. The predicted octanol–water partition coefficient (Wildman–Crippen LogP) is 3.35. The van der Waals surface area contributed by atoms with E-state index in [4.69, 9.17) is 0 Å². The maximum atomic E-state index is 13.0. The summed E-state index contributed by atoms with van der Waals surface area (Å²) in [6.45, 7) is 0. The highest BCUT2D eigenvalue weighted by atomic mass is 79.9. The van der Waals surface area contributed by atoms with Crippen molar-refractivity contribution < 1.29 is 8.78 Å². The van der Waals surface area contributed by atoms with Gasteiger partial charge in [-0.3, -0.25) is 0 Å². The Labute approximate surface area is 83.1 Å². The molecular weight excluding hydrogens is 238 g/mol.